The van der Waals surface area contributed by atoms with Gasteiger partial charge >= 0.3 is 0 Å². The summed E-state index contributed by atoms with van der Waals surface area (Å²) in [5.41, 5.74) is 0. The minimum atomic E-state index is 0.490. The highest BCUT2D eigenvalue weighted by Gasteiger charge is 1.95. The van der Waals surface area contributed by atoms with Crippen molar-refractivity contribution in [2.45, 2.75) is 0 Å². The maximum Gasteiger partial charge on any atom is 0.0607 e. The summed E-state index contributed by atoms with van der Waals surface area (Å²) in [4.78, 5) is 0. The number of rotatable bonds is 0. The Labute approximate surface area is 135 Å². The Morgan fingerprint density at radius 1 is 0.444 bits per heavy atom. The average Bonchev–Trinajstić information content (AvgIpc) is 2.23. The lowest BCUT2D eigenvalue weighted by Gasteiger charge is -1.92. The summed E-state index contributed by atoms with van der Waals surface area (Å²) in [6, 6.07) is 9.85. The lowest BCUT2D eigenvalue weighted by atomic mass is 10.4. The molecule has 0 amide bonds. The van der Waals surface area contributed by atoms with Crippen molar-refractivity contribution in [1.82, 2.24) is 0 Å². The first-order chi connectivity index (χ1) is 8.38. The maximum atomic E-state index is 5.60. The standard InChI is InChI=1S/2C6H3Cl3/c7-4-1-5(8)3-6(9)2-4;7-4-1-2-5(8)6(9)3-4/h2*1-3H. The molecule has 18 heavy (non-hydrogen) atoms. The van der Waals surface area contributed by atoms with Crippen molar-refractivity contribution in [3.63, 3.8) is 0 Å². The second-order valence-electron chi connectivity index (χ2n) is 3.15. The first-order valence-electron chi connectivity index (χ1n) is 4.60. The largest absolute Gasteiger partial charge is 0.0843 e. The van der Waals surface area contributed by atoms with E-state index in [9.17, 15) is 0 Å². The fourth-order valence-corrected chi connectivity index (χ4v) is 2.39. The van der Waals surface area contributed by atoms with Crippen LogP contribution in [0.25, 0.3) is 0 Å². The Morgan fingerprint density at radius 3 is 1.22 bits per heavy atom. The van der Waals surface area contributed by atoms with Crippen LogP contribution in [0.1, 0.15) is 0 Å². The first kappa shape index (κ1) is 16.2. The Morgan fingerprint density at radius 2 is 0.889 bits per heavy atom. The molecule has 0 unspecified atom stereocenters. The quantitative estimate of drug-likeness (QED) is 0.431. The number of benzene rings is 2. The lowest BCUT2D eigenvalue weighted by Crippen LogP contribution is -1.66. The highest BCUT2D eigenvalue weighted by Crippen LogP contribution is 2.24. The van der Waals surface area contributed by atoms with Gasteiger partial charge in [-0.05, 0) is 36.4 Å². The van der Waals surface area contributed by atoms with E-state index >= 15 is 0 Å². The summed E-state index contributed by atoms with van der Waals surface area (Å²) >= 11 is 33.5. The van der Waals surface area contributed by atoms with Gasteiger partial charge in [-0.15, -0.1) is 0 Å². The zero-order chi connectivity index (χ0) is 13.7. The Bertz CT molecular complexity index is 488. The summed E-state index contributed by atoms with van der Waals surface area (Å²) in [5, 5.41) is 3.31. The van der Waals surface area contributed by atoms with E-state index in [2.05, 4.69) is 0 Å². The van der Waals surface area contributed by atoms with Crippen molar-refractivity contribution in [3.8, 4) is 0 Å². The van der Waals surface area contributed by atoms with Gasteiger partial charge in [0.1, 0.15) is 0 Å². The summed E-state index contributed by atoms with van der Waals surface area (Å²) in [7, 11) is 0. The monoisotopic (exact) mass is 360 g/mol. The van der Waals surface area contributed by atoms with Crippen molar-refractivity contribution in [2.75, 3.05) is 0 Å². The number of hydrogen-bond acceptors (Lipinski definition) is 0. The highest BCUT2D eigenvalue weighted by molar-refractivity contribution is 6.43. The predicted octanol–water partition coefficient (Wildman–Crippen LogP) is 7.29. The molecular weight excluding hydrogens is 357 g/mol. The molecule has 0 N–H and O–H groups in total. The van der Waals surface area contributed by atoms with Gasteiger partial charge in [0, 0.05) is 20.1 Å². The first-order valence-corrected chi connectivity index (χ1v) is 6.87. The second-order valence-corrected chi connectivity index (χ2v) is 5.71. The van der Waals surface area contributed by atoms with E-state index in [1.807, 2.05) is 0 Å². The number of halogens is 6. The molecular formula is C12H6Cl6. The fraction of sp³-hybridized carbons (Fsp3) is 0. The molecule has 0 saturated carbocycles. The van der Waals surface area contributed by atoms with Crippen molar-refractivity contribution in [2.24, 2.45) is 0 Å². The maximum absolute atomic E-state index is 5.60. The van der Waals surface area contributed by atoms with Crippen LogP contribution in [0.3, 0.4) is 0 Å². The molecule has 0 atom stereocenters. The van der Waals surface area contributed by atoms with Crippen LogP contribution in [0, 0.1) is 0 Å². The summed E-state index contributed by atoms with van der Waals surface area (Å²) in [6.45, 7) is 0. The molecule has 0 heterocycles. The molecule has 2 aromatic rings. The van der Waals surface area contributed by atoms with Gasteiger partial charge < -0.3 is 0 Å². The highest BCUT2D eigenvalue weighted by atomic mass is 35.5. The third kappa shape index (κ3) is 5.88. The van der Waals surface area contributed by atoms with Gasteiger partial charge in [-0.2, -0.15) is 0 Å². The van der Waals surface area contributed by atoms with Crippen LogP contribution in [-0.4, -0.2) is 0 Å². The van der Waals surface area contributed by atoms with E-state index in [0.717, 1.165) is 0 Å². The molecule has 0 spiro atoms. The molecule has 0 aliphatic rings. The van der Waals surface area contributed by atoms with Crippen LogP contribution in [0.2, 0.25) is 30.1 Å². The van der Waals surface area contributed by atoms with E-state index in [0.29, 0.717) is 30.1 Å². The van der Waals surface area contributed by atoms with Gasteiger partial charge in [-0.25, -0.2) is 0 Å². The zero-order valence-electron chi connectivity index (χ0n) is 8.73. The molecule has 0 radical (unpaired) electrons. The minimum absolute atomic E-state index is 0.490. The molecule has 0 aliphatic carbocycles. The van der Waals surface area contributed by atoms with Crippen LogP contribution in [-0.2, 0) is 0 Å². The van der Waals surface area contributed by atoms with Crippen LogP contribution < -0.4 is 0 Å². The van der Waals surface area contributed by atoms with E-state index in [1.165, 1.54) is 0 Å². The minimum Gasteiger partial charge on any atom is -0.0843 e. The second kappa shape index (κ2) is 7.69. The molecule has 0 saturated heterocycles. The Hall–Kier alpha value is 0.180. The summed E-state index contributed by atoms with van der Waals surface area (Å²) in [5.74, 6) is 0. The van der Waals surface area contributed by atoms with Gasteiger partial charge in [0.25, 0.3) is 0 Å². The topological polar surface area (TPSA) is 0 Å². The molecule has 2 rings (SSSR count). The zero-order valence-corrected chi connectivity index (χ0v) is 13.3. The Kier molecular flexibility index (Phi) is 6.94. The lowest BCUT2D eigenvalue weighted by molar-refractivity contribution is 1.70. The van der Waals surface area contributed by atoms with Crippen LogP contribution in [0.4, 0.5) is 0 Å². The molecule has 0 nitrogen and oxygen atoms in total. The summed E-state index contributed by atoms with van der Waals surface area (Å²) in [6.07, 6.45) is 0. The van der Waals surface area contributed by atoms with Crippen LogP contribution in [0.15, 0.2) is 36.4 Å². The molecule has 0 aliphatic heterocycles. The molecule has 0 bridgehead atoms. The third-order valence-electron chi connectivity index (χ3n) is 1.71. The van der Waals surface area contributed by atoms with Gasteiger partial charge in [0.05, 0.1) is 10.0 Å². The molecule has 96 valence electrons. The smallest absolute Gasteiger partial charge is 0.0607 e. The van der Waals surface area contributed by atoms with E-state index in [1.54, 1.807) is 36.4 Å². The summed E-state index contributed by atoms with van der Waals surface area (Å²) < 4.78 is 0. The average molecular weight is 363 g/mol. The van der Waals surface area contributed by atoms with E-state index in [4.69, 9.17) is 69.6 Å². The molecule has 6 heteroatoms. The third-order valence-corrected chi connectivity index (χ3v) is 3.34. The van der Waals surface area contributed by atoms with Gasteiger partial charge in [0.15, 0.2) is 0 Å². The fourth-order valence-electron chi connectivity index (χ4n) is 0.991. The Balaban J connectivity index is 0.000000180. The SMILES string of the molecule is Clc1cc(Cl)cc(Cl)c1.Clc1ccc(Cl)c(Cl)c1. The van der Waals surface area contributed by atoms with Crippen molar-refractivity contribution in [3.05, 3.63) is 66.5 Å². The van der Waals surface area contributed by atoms with E-state index < -0.39 is 0 Å². The molecule has 0 fully saturated rings. The van der Waals surface area contributed by atoms with Gasteiger partial charge in [-0.3, -0.25) is 0 Å². The number of hydrogen-bond donors (Lipinski definition) is 0. The van der Waals surface area contributed by atoms with Gasteiger partial charge in [-0.1, -0.05) is 69.6 Å². The van der Waals surface area contributed by atoms with Crippen LogP contribution >= 0.6 is 69.6 Å². The molecule has 2 aromatic carbocycles. The molecule has 0 aromatic heterocycles. The van der Waals surface area contributed by atoms with Crippen molar-refractivity contribution in [1.29, 1.82) is 0 Å². The van der Waals surface area contributed by atoms with Crippen molar-refractivity contribution < 1.29 is 0 Å². The van der Waals surface area contributed by atoms with Crippen LogP contribution in [0.5, 0.6) is 0 Å². The van der Waals surface area contributed by atoms with Crippen molar-refractivity contribution >= 4 is 69.6 Å². The van der Waals surface area contributed by atoms with Gasteiger partial charge in [0.2, 0.25) is 0 Å². The normalized spacial score (nSPS) is 9.67. The predicted molar refractivity (Wildman–Crippen MR) is 82.9 cm³/mol. The van der Waals surface area contributed by atoms with E-state index in [-0.39, 0.29) is 0 Å².